The number of aliphatic hydroxyl groups excluding tert-OH is 4. The molecule has 0 saturated carbocycles. The Hall–Kier alpha value is -12.9. The molecule has 0 saturated heterocycles. The Bertz CT molecular complexity index is 3880. The van der Waals surface area contributed by atoms with Gasteiger partial charge in [-0.3, -0.25) is 101 Å². The highest BCUT2D eigenvalue weighted by Gasteiger charge is 2.39. The normalized spacial score (nSPS) is 14.6. The number of amides is 17. The average molecular weight is 1780 g/mol. The van der Waals surface area contributed by atoms with Crippen molar-refractivity contribution in [2.45, 2.75) is 234 Å². The van der Waals surface area contributed by atoms with E-state index in [9.17, 15) is 142 Å². The van der Waals surface area contributed by atoms with E-state index in [-0.39, 0.29) is 51.0 Å². The topological polar surface area (TPSA) is 867 Å². The molecule has 0 radical (unpaired) electrons. The number of carbonyl (C=O) groups excluding carboxylic acids is 17. The van der Waals surface area contributed by atoms with Crippen LogP contribution >= 0.6 is 0 Å². The van der Waals surface area contributed by atoms with E-state index in [2.05, 4.69) is 63.8 Å². The summed E-state index contributed by atoms with van der Waals surface area (Å²) >= 11 is 0. The molecule has 0 spiro atoms. The number of hydrogen-bond acceptors (Lipinski definition) is 28. The molecule has 15 atom stereocenters. The van der Waals surface area contributed by atoms with Crippen molar-refractivity contribution >= 4 is 130 Å². The molecule has 700 valence electrons. The van der Waals surface area contributed by atoms with Crippen molar-refractivity contribution < 1.29 is 142 Å². The molecule has 0 fully saturated rings. The Morgan fingerprint density at radius 2 is 0.688 bits per heavy atom. The first-order valence-electron chi connectivity index (χ1n) is 39.7. The van der Waals surface area contributed by atoms with E-state index in [0.717, 1.165) is 6.92 Å². The largest absolute Gasteiger partial charge is 0.481 e. The highest BCUT2D eigenvalue weighted by Crippen LogP contribution is 2.14. The van der Waals surface area contributed by atoms with Crippen molar-refractivity contribution in [2.24, 2.45) is 40.5 Å². The smallest absolute Gasteiger partial charge is 0.326 e. The molecule has 51 heteroatoms. The van der Waals surface area contributed by atoms with Gasteiger partial charge in [0.2, 0.25) is 100 Å². The second kappa shape index (κ2) is 58.2. The van der Waals surface area contributed by atoms with E-state index < -0.39 is 318 Å². The monoisotopic (exact) mass is 1780 g/mol. The molecule has 17 amide bonds. The highest BCUT2D eigenvalue weighted by atomic mass is 16.4. The van der Waals surface area contributed by atoms with Crippen LogP contribution in [0.4, 0.5) is 0 Å². The number of benzene rings is 1. The van der Waals surface area contributed by atoms with Gasteiger partial charge in [0.25, 0.3) is 0 Å². The first kappa shape index (κ1) is 110. The first-order chi connectivity index (χ1) is 58.7. The van der Waals surface area contributed by atoms with E-state index >= 15 is 0 Å². The molecular formula is C74H120N22O29. The number of nitrogens with two attached hydrogens (primary N) is 5. The number of carbonyl (C=O) groups is 21. The summed E-state index contributed by atoms with van der Waals surface area (Å²) in [5.41, 5.74) is 28.1. The van der Waals surface area contributed by atoms with Gasteiger partial charge in [0.05, 0.1) is 45.4 Å². The maximum atomic E-state index is 14.6. The third-order valence-corrected chi connectivity index (χ3v) is 18.2. The Labute approximate surface area is 716 Å². The Morgan fingerprint density at radius 1 is 0.352 bits per heavy atom. The Balaban J connectivity index is 3.55. The van der Waals surface area contributed by atoms with E-state index in [4.69, 9.17) is 34.1 Å². The number of aliphatic hydroxyl groups is 4. The minimum Gasteiger partial charge on any atom is -0.481 e. The number of carboxylic acid groups (broad SMARTS) is 4. The SMILES string of the molecule is CC(C)C[C@H](NC(=O)[C@H](CCC(N)=O)NC(=O)[C@H](CCC(=O)O)NC(=O)[C@H](CO)NC(=O)[C@H](CO)NC(=O)CNC(=O)[C@H](CO)NC(=O)[C@H](CCC(=O)O)NC(=O)[C@@H](N)CCCCN)C(=O)N[C@@H](C)C(=O)N[C@@H](CCC(N)=O)C(=O)N[C@@H](Cc1ccccc1)C(=O)N[C@@H](CCCNC(=N)N)C(=O)N[C@@H](CO)C(=O)N[C@@H](CC(C)C)C(=O)N[C@@H](CC(=O)O)C(=O)O. The molecule has 0 unspecified atom stereocenters. The fourth-order valence-electron chi connectivity index (χ4n) is 11.5. The summed E-state index contributed by atoms with van der Waals surface area (Å²) in [5, 5.41) is 122. The molecule has 0 aromatic heterocycles. The highest BCUT2D eigenvalue weighted by molar-refractivity contribution is 6.01. The standard InChI is InChI=1S/C74H120N22O29/c1-35(2)26-45(90-65(116)42(17-21-54(78)102)88-63(114)44(19-23-57(106)107)89-71(122)51(33-99)96-70(121)50(32-98)84-55(103)30-82-61(112)49(31-97)94-66(117)43(18-22-56(104)105)86-60(111)39(76)14-9-10-24-75)67(118)83-37(5)59(110)85-41(16-20-53(77)101)64(115)92-47(28-38-12-7-6-8-13-38)69(120)87-40(15-11-25-81-74(79)80)62(113)95-52(34-100)72(123)91-46(27-36(3)4)68(119)93-48(73(124)125)29-58(108)109/h6-8,12-13,35-37,39-52,97-100H,9-11,14-34,75-76H2,1-5H3,(H2,77,101)(H2,78,102)(H,82,112)(H,83,118)(H,84,103)(H,85,110)(H,86,111)(H,87,120)(H,88,114)(H,89,122)(H,90,116)(H,91,123)(H,92,115)(H,93,119)(H,94,117)(H,95,113)(H,96,121)(H,104,105)(H,106,107)(H,108,109)(H,124,125)(H4,79,80,81)/t37-,39-,40-,41-,42-,43-,44-,45-,46-,47-,48-,49-,50-,51-,52-/m0/s1. The van der Waals surface area contributed by atoms with Crippen molar-refractivity contribution in [3.8, 4) is 0 Å². The molecule has 51 nitrogen and oxygen atoms in total. The first-order valence-corrected chi connectivity index (χ1v) is 39.7. The van der Waals surface area contributed by atoms with Crippen LogP contribution in [0.1, 0.15) is 143 Å². The summed E-state index contributed by atoms with van der Waals surface area (Å²) < 4.78 is 0. The molecule has 0 heterocycles. The summed E-state index contributed by atoms with van der Waals surface area (Å²) in [6.07, 6.45) is -6.35. The molecule has 0 aliphatic carbocycles. The van der Waals surface area contributed by atoms with Crippen LogP contribution in [0.2, 0.25) is 0 Å². The average Bonchev–Trinajstić information content (AvgIpc) is 0.895. The van der Waals surface area contributed by atoms with Gasteiger partial charge in [0, 0.05) is 38.6 Å². The van der Waals surface area contributed by atoms with Gasteiger partial charge in [0.1, 0.15) is 84.6 Å². The molecule has 0 aliphatic rings. The number of nitrogens with one attached hydrogen (secondary N) is 17. The summed E-state index contributed by atoms with van der Waals surface area (Å²) in [5.74, 6) is -27.4. The minimum atomic E-state index is -2.09. The summed E-state index contributed by atoms with van der Waals surface area (Å²) in [7, 11) is 0. The van der Waals surface area contributed by atoms with Crippen molar-refractivity contribution in [2.75, 3.05) is 46.1 Å². The lowest BCUT2D eigenvalue weighted by atomic mass is 10.0. The maximum absolute atomic E-state index is 14.6. The lowest BCUT2D eigenvalue weighted by molar-refractivity contribution is -0.147. The van der Waals surface area contributed by atoms with Gasteiger partial charge in [-0.05, 0) is 95.1 Å². The molecule has 35 N–H and O–H groups in total. The van der Waals surface area contributed by atoms with E-state index in [1.54, 1.807) is 58.0 Å². The third kappa shape index (κ3) is 44.7. The van der Waals surface area contributed by atoms with Crippen LogP contribution < -0.4 is 114 Å². The minimum absolute atomic E-state index is 0.0455. The van der Waals surface area contributed by atoms with E-state index in [1.807, 2.05) is 21.3 Å². The van der Waals surface area contributed by atoms with Crippen molar-refractivity contribution in [3.05, 3.63) is 35.9 Å². The number of aliphatic carboxylic acids is 4. The van der Waals surface area contributed by atoms with Crippen LogP contribution in [0.25, 0.3) is 0 Å². The lowest BCUT2D eigenvalue weighted by Gasteiger charge is -2.28. The molecule has 125 heavy (non-hydrogen) atoms. The van der Waals surface area contributed by atoms with Gasteiger partial charge in [-0.25, -0.2) is 4.79 Å². The lowest BCUT2D eigenvalue weighted by Crippen LogP contribution is -2.61. The predicted octanol–water partition coefficient (Wildman–Crippen LogP) is -12.2. The number of hydrogen-bond donors (Lipinski definition) is 30. The molecule has 1 aromatic rings. The van der Waals surface area contributed by atoms with E-state index in [1.165, 1.54) is 0 Å². The van der Waals surface area contributed by atoms with Gasteiger partial charge >= 0.3 is 23.9 Å². The van der Waals surface area contributed by atoms with Crippen molar-refractivity contribution in [1.29, 1.82) is 5.41 Å². The van der Waals surface area contributed by atoms with Gasteiger partial charge in [-0.15, -0.1) is 0 Å². The molecule has 0 aliphatic heterocycles. The van der Waals surface area contributed by atoms with Crippen LogP contribution in [0, 0.1) is 17.2 Å². The van der Waals surface area contributed by atoms with Gasteiger partial charge in [-0.1, -0.05) is 64.4 Å². The quantitative estimate of drug-likeness (QED) is 0.0164. The predicted molar refractivity (Wildman–Crippen MR) is 434 cm³/mol. The van der Waals surface area contributed by atoms with Crippen LogP contribution in [-0.4, -0.2) is 308 Å². The van der Waals surface area contributed by atoms with Crippen LogP contribution in [-0.2, 0) is 107 Å². The third-order valence-electron chi connectivity index (χ3n) is 18.2. The molecule has 1 rings (SSSR count). The molecule has 0 bridgehead atoms. The second-order valence-corrected chi connectivity index (χ2v) is 29.7. The fourth-order valence-corrected chi connectivity index (χ4v) is 11.5. The number of carboxylic acids is 4. The van der Waals surface area contributed by atoms with Crippen LogP contribution in [0.15, 0.2) is 30.3 Å². The van der Waals surface area contributed by atoms with Crippen LogP contribution in [0.5, 0.6) is 0 Å². The number of primary amides is 2. The van der Waals surface area contributed by atoms with Crippen molar-refractivity contribution in [1.82, 2.24) is 85.1 Å². The zero-order valence-corrected chi connectivity index (χ0v) is 69.7. The Morgan fingerprint density at radius 3 is 1.07 bits per heavy atom. The van der Waals surface area contributed by atoms with Gasteiger partial charge in [0.15, 0.2) is 5.96 Å². The fraction of sp³-hybridized carbons (Fsp3) is 0.622. The summed E-state index contributed by atoms with van der Waals surface area (Å²) in [4.78, 5) is 277. The molecule has 1 aromatic carbocycles. The second-order valence-electron chi connectivity index (χ2n) is 29.7. The van der Waals surface area contributed by atoms with Crippen LogP contribution in [0.3, 0.4) is 0 Å². The maximum Gasteiger partial charge on any atom is 0.326 e. The number of unbranched alkanes of at least 4 members (excludes halogenated alkanes) is 1. The van der Waals surface area contributed by atoms with Gasteiger partial charge < -0.3 is 155 Å². The number of rotatable bonds is 63. The summed E-state index contributed by atoms with van der Waals surface area (Å²) in [6, 6.07) is -18.5. The summed E-state index contributed by atoms with van der Waals surface area (Å²) in [6.45, 7) is 1.94. The molecular weight excluding hydrogens is 1660 g/mol. The zero-order valence-electron chi connectivity index (χ0n) is 69.7. The number of guanidine groups is 1. The Kier molecular flexibility index (Phi) is 51.3. The van der Waals surface area contributed by atoms with Crippen molar-refractivity contribution in [3.63, 3.8) is 0 Å². The van der Waals surface area contributed by atoms with E-state index in [0.29, 0.717) is 24.9 Å². The van der Waals surface area contributed by atoms with Gasteiger partial charge in [-0.2, -0.15) is 0 Å². The zero-order chi connectivity index (χ0) is 94.9.